The van der Waals surface area contributed by atoms with Crippen molar-refractivity contribution >= 4 is 0 Å². The fourth-order valence-corrected chi connectivity index (χ4v) is 2.39. The molecule has 21 heavy (non-hydrogen) atoms. The molecule has 0 radical (unpaired) electrons. The van der Waals surface area contributed by atoms with E-state index in [1.165, 1.54) is 5.56 Å². The average molecular weight is 287 g/mol. The lowest BCUT2D eigenvalue weighted by Crippen LogP contribution is -2.16. The van der Waals surface area contributed by atoms with E-state index in [0.717, 1.165) is 42.2 Å². The quantitative estimate of drug-likeness (QED) is 0.817. The number of aryl methyl sites for hydroxylation is 2. The zero-order chi connectivity index (χ0) is 15.2. The zero-order valence-electron chi connectivity index (χ0n) is 13.4. The van der Waals surface area contributed by atoms with E-state index in [1.807, 2.05) is 18.2 Å². The number of aromatic nitrogens is 2. The van der Waals surface area contributed by atoms with Crippen molar-refractivity contribution in [2.45, 2.75) is 46.8 Å². The van der Waals surface area contributed by atoms with E-state index in [-0.39, 0.29) is 6.10 Å². The van der Waals surface area contributed by atoms with E-state index in [4.69, 9.17) is 4.74 Å². The molecule has 0 saturated heterocycles. The molecule has 0 aliphatic carbocycles. The van der Waals surface area contributed by atoms with Crippen molar-refractivity contribution in [3.63, 3.8) is 0 Å². The summed E-state index contributed by atoms with van der Waals surface area (Å²) in [6.07, 6.45) is 0.863. The van der Waals surface area contributed by atoms with Crippen LogP contribution in [0, 0.1) is 13.8 Å². The van der Waals surface area contributed by atoms with Crippen LogP contribution >= 0.6 is 0 Å². The molecule has 4 heteroatoms. The topological polar surface area (TPSA) is 49.9 Å². The number of nitrogens with one attached hydrogen (secondary N) is 2. The molecule has 0 spiro atoms. The molecule has 2 rings (SSSR count). The largest absolute Gasteiger partial charge is 0.484 e. The maximum Gasteiger partial charge on any atom is 0.142 e. The first-order chi connectivity index (χ1) is 10.2. The maximum absolute atomic E-state index is 6.20. The van der Waals surface area contributed by atoms with Gasteiger partial charge < -0.3 is 10.1 Å². The molecule has 1 aromatic carbocycles. The molecule has 2 N–H and O–H groups in total. The fraction of sp³-hybridized carbons (Fsp3) is 0.471. The van der Waals surface area contributed by atoms with Gasteiger partial charge in [-0.15, -0.1) is 0 Å². The van der Waals surface area contributed by atoms with Gasteiger partial charge in [0, 0.05) is 17.8 Å². The lowest BCUT2D eigenvalue weighted by molar-refractivity contribution is 0.193. The van der Waals surface area contributed by atoms with E-state index < -0.39 is 0 Å². The molecule has 1 unspecified atom stereocenters. The van der Waals surface area contributed by atoms with Crippen molar-refractivity contribution in [2.75, 3.05) is 6.54 Å². The maximum atomic E-state index is 6.20. The standard InChI is InChI=1S/C17H25N3O/c1-5-15(21-16-10-8-7-9-12(16)3)17-14(11-18-6-2)13(4)19-20-17/h7-10,15,18H,5-6,11H2,1-4H3,(H,19,20). The lowest BCUT2D eigenvalue weighted by Gasteiger charge is -2.19. The van der Waals surface area contributed by atoms with Crippen molar-refractivity contribution in [1.29, 1.82) is 0 Å². The van der Waals surface area contributed by atoms with Crippen LogP contribution in [0.5, 0.6) is 5.75 Å². The Morgan fingerprint density at radius 3 is 2.67 bits per heavy atom. The van der Waals surface area contributed by atoms with Crippen molar-refractivity contribution < 1.29 is 4.74 Å². The third-order valence-electron chi connectivity index (χ3n) is 3.70. The van der Waals surface area contributed by atoms with Gasteiger partial charge >= 0.3 is 0 Å². The van der Waals surface area contributed by atoms with Crippen LogP contribution in [0.15, 0.2) is 24.3 Å². The SMILES string of the molecule is CCNCc1c(C(CC)Oc2ccccc2C)n[nH]c1C. The third-order valence-corrected chi connectivity index (χ3v) is 3.70. The molecule has 114 valence electrons. The zero-order valence-corrected chi connectivity index (χ0v) is 13.4. The van der Waals surface area contributed by atoms with Gasteiger partial charge in [0.2, 0.25) is 0 Å². The molecule has 0 aliphatic heterocycles. The Morgan fingerprint density at radius 2 is 2.00 bits per heavy atom. The molecule has 2 aromatic rings. The minimum absolute atomic E-state index is 0.0234. The molecule has 0 saturated carbocycles. The van der Waals surface area contributed by atoms with Crippen molar-refractivity contribution in [1.82, 2.24) is 15.5 Å². The van der Waals surface area contributed by atoms with Crippen molar-refractivity contribution in [3.8, 4) is 5.75 Å². The van der Waals surface area contributed by atoms with Gasteiger partial charge in [-0.2, -0.15) is 5.10 Å². The van der Waals surface area contributed by atoms with Crippen molar-refractivity contribution in [2.24, 2.45) is 0 Å². The second kappa shape index (κ2) is 7.27. The minimum atomic E-state index is -0.0234. The second-order valence-corrected chi connectivity index (χ2v) is 5.27. The Bertz CT molecular complexity index is 577. The molecule has 1 aromatic heterocycles. The number of para-hydroxylation sites is 1. The Hall–Kier alpha value is -1.81. The summed E-state index contributed by atoms with van der Waals surface area (Å²) < 4.78 is 6.20. The number of rotatable bonds is 7. The fourth-order valence-electron chi connectivity index (χ4n) is 2.39. The van der Waals surface area contributed by atoms with Gasteiger partial charge in [-0.3, -0.25) is 5.10 Å². The molecule has 0 amide bonds. The summed E-state index contributed by atoms with van der Waals surface area (Å²) in [7, 11) is 0. The molecule has 0 bridgehead atoms. The van der Waals surface area contributed by atoms with E-state index in [9.17, 15) is 0 Å². The molecule has 1 heterocycles. The van der Waals surface area contributed by atoms with Gasteiger partial charge in [0.25, 0.3) is 0 Å². The molecular weight excluding hydrogens is 262 g/mol. The van der Waals surface area contributed by atoms with Crippen LogP contribution in [0.4, 0.5) is 0 Å². The highest BCUT2D eigenvalue weighted by Gasteiger charge is 2.20. The Kier molecular flexibility index (Phi) is 5.39. The number of ether oxygens (including phenoxy) is 1. The normalized spacial score (nSPS) is 12.4. The predicted octanol–water partition coefficient (Wildman–Crippen LogP) is 3.67. The number of nitrogens with zero attached hydrogens (tertiary/aromatic N) is 1. The summed E-state index contributed by atoms with van der Waals surface area (Å²) in [6, 6.07) is 8.11. The molecule has 0 fully saturated rings. The summed E-state index contributed by atoms with van der Waals surface area (Å²) in [5.41, 5.74) is 4.49. The van der Waals surface area contributed by atoms with E-state index >= 15 is 0 Å². The smallest absolute Gasteiger partial charge is 0.142 e. The first kappa shape index (κ1) is 15.6. The highest BCUT2D eigenvalue weighted by molar-refractivity contribution is 5.33. The van der Waals surface area contributed by atoms with Crippen molar-refractivity contribution in [3.05, 3.63) is 46.8 Å². The molecular formula is C17H25N3O. The summed E-state index contributed by atoms with van der Waals surface area (Å²) in [4.78, 5) is 0. The Balaban J connectivity index is 2.23. The van der Waals surface area contributed by atoms with Gasteiger partial charge in [-0.25, -0.2) is 0 Å². The van der Waals surface area contributed by atoms with Gasteiger partial charge in [-0.1, -0.05) is 32.0 Å². The highest BCUT2D eigenvalue weighted by atomic mass is 16.5. The van der Waals surface area contributed by atoms with Crippen LogP contribution in [0.25, 0.3) is 0 Å². The van der Waals surface area contributed by atoms with Crippen LogP contribution < -0.4 is 10.1 Å². The molecule has 1 atom stereocenters. The van der Waals surface area contributed by atoms with E-state index in [0.29, 0.717) is 0 Å². The third kappa shape index (κ3) is 3.64. The minimum Gasteiger partial charge on any atom is -0.484 e. The lowest BCUT2D eigenvalue weighted by atomic mass is 10.1. The first-order valence-electron chi connectivity index (χ1n) is 7.64. The van der Waals surface area contributed by atoms with Crippen LogP contribution in [0.3, 0.4) is 0 Å². The van der Waals surface area contributed by atoms with Gasteiger partial charge in [0.1, 0.15) is 17.5 Å². The molecule has 0 aliphatic rings. The number of H-pyrrole nitrogens is 1. The number of aromatic amines is 1. The highest BCUT2D eigenvalue weighted by Crippen LogP contribution is 2.28. The average Bonchev–Trinajstić information content (AvgIpc) is 2.85. The Morgan fingerprint density at radius 1 is 1.24 bits per heavy atom. The van der Waals surface area contributed by atoms with Crippen LogP contribution in [0.2, 0.25) is 0 Å². The van der Waals surface area contributed by atoms with E-state index in [2.05, 4.69) is 49.3 Å². The Labute approximate surface area is 126 Å². The van der Waals surface area contributed by atoms with Gasteiger partial charge in [0.05, 0.1) is 0 Å². The summed E-state index contributed by atoms with van der Waals surface area (Å²) in [6.45, 7) is 10.1. The van der Waals surface area contributed by atoms with Crippen LogP contribution in [-0.2, 0) is 6.54 Å². The predicted molar refractivity (Wildman–Crippen MR) is 85.5 cm³/mol. The second-order valence-electron chi connectivity index (χ2n) is 5.27. The summed E-state index contributed by atoms with van der Waals surface area (Å²) in [5, 5.41) is 10.9. The van der Waals surface area contributed by atoms with E-state index in [1.54, 1.807) is 0 Å². The monoisotopic (exact) mass is 287 g/mol. The molecule has 4 nitrogen and oxygen atoms in total. The van der Waals surface area contributed by atoms with Gasteiger partial charge in [0.15, 0.2) is 0 Å². The summed E-state index contributed by atoms with van der Waals surface area (Å²) >= 11 is 0. The first-order valence-corrected chi connectivity index (χ1v) is 7.64. The van der Waals surface area contributed by atoms with Crippen LogP contribution in [0.1, 0.15) is 48.9 Å². The van der Waals surface area contributed by atoms with Crippen LogP contribution in [-0.4, -0.2) is 16.7 Å². The summed E-state index contributed by atoms with van der Waals surface area (Å²) in [5.74, 6) is 0.930. The van der Waals surface area contributed by atoms with Gasteiger partial charge in [-0.05, 0) is 38.4 Å². The number of benzene rings is 1. The number of hydrogen-bond donors (Lipinski definition) is 2. The number of hydrogen-bond acceptors (Lipinski definition) is 3.